The van der Waals surface area contributed by atoms with Gasteiger partial charge < -0.3 is 10.5 Å². The zero-order valence-electron chi connectivity index (χ0n) is 20.9. The van der Waals surface area contributed by atoms with Crippen LogP contribution in [0, 0.1) is 5.92 Å². The number of hydrogen-bond acceptors (Lipinski definition) is 5. The molecule has 2 unspecified atom stereocenters. The summed E-state index contributed by atoms with van der Waals surface area (Å²) in [6, 6.07) is 26.1. The lowest BCUT2D eigenvalue weighted by molar-refractivity contribution is -0.155. The van der Waals surface area contributed by atoms with Crippen LogP contribution >= 0.6 is 11.6 Å². The first kappa shape index (κ1) is 24.4. The maximum Gasteiger partial charge on any atom is 0.321 e. The lowest BCUT2D eigenvalue weighted by Gasteiger charge is -2.38. The summed E-state index contributed by atoms with van der Waals surface area (Å²) in [6.07, 6.45) is 1.25. The first-order valence-corrected chi connectivity index (χ1v) is 13.5. The number of rotatable bonds is 9. The quantitative estimate of drug-likeness (QED) is 0.336. The Morgan fingerprint density at radius 2 is 1.51 bits per heavy atom. The average molecular weight is 514 g/mol. The van der Waals surface area contributed by atoms with Crippen LogP contribution < -0.4 is 5.73 Å². The van der Waals surface area contributed by atoms with Crippen LogP contribution in [-0.4, -0.2) is 61.6 Å². The number of benzene rings is 3. The molecule has 0 amide bonds. The van der Waals surface area contributed by atoms with Crippen molar-refractivity contribution >= 4 is 23.1 Å². The molecule has 1 saturated heterocycles. The van der Waals surface area contributed by atoms with Gasteiger partial charge in [0.15, 0.2) is 5.60 Å². The molecule has 2 atom stereocenters. The van der Waals surface area contributed by atoms with Crippen LogP contribution in [0.4, 0.5) is 0 Å². The number of carbonyl (C=O) groups is 1. The molecule has 0 spiro atoms. The number of hydrogen-bond donors (Lipinski definition) is 1. The zero-order valence-corrected chi connectivity index (χ0v) is 21.7. The Labute approximate surface area is 223 Å². The highest BCUT2D eigenvalue weighted by molar-refractivity contribution is 6.31. The van der Waals surface area contributed by atoms with Crippen LogP contribution in [0.25, 0.3) is 5.57 Å². The fraction of sp³-hybridized carbons (Fsp3) is 0.323. The maximum absolute atomic E-state index is 13.7. The molecule has 6 rings (SSSR count). The van der Waals surface area contributed by atoms with E-state index in [2.05, 4.69) is 34.1 Å². The summed E-state index contributed by atoms with van der Waals surface area (Å²) in [4.78, 5) is 18.1. The van der Waals surface area contributed by atoms with E-state index in [4.69, 9.17) is 22.1 Å². The minimum absolute atomic E-state index is 0.228. The summed E-state index contributed by atoms with van der Waals surface area (Å²) in [5.74, 6) is 0.449. The van der Waals surface area contributed by atoms with E-state index >= 15 is 0 Å². The minimum atomic E-state index is -1.17. The van der Waals surface area contributed by atoms with Gasteiger partial charge in [0, 0.05) is 66.9 Å². The first-order valence-electron chi connectivity index (χ1n) is 13.1. The Balaban J connectivity index is 1.36. The van der Waals surface area contributed by atoms with Gasteiger partial charge >= 0.3 is 5.97 Å². The number of allylic oxidation sites excluding steroid dienone is 2. The smallest absolute Gasteiger partial charge is 0.321 e. The topological polar surface area (TPSA) is 58.8 Å². The summed E-state index contributed by atoms with van der Waals surface area (Å²) in [5, 5.41) is 0.562. The average Bonchev–Trinajstić information content (AvgIpc) is 3.84. The number of nitrogens with zero attached hydrogens (tertiary/aromatic N) is 2. The molecule has 2 N–H and O–H groups in total. The molecule has 1 saturated carbocycles. The van der Waals surface area contributed by atoms with Crippen molar-refractivity contribution in [3.05, 3.63) is 112 Å². The van der Waals surface area contributed by atoms with Crippen molar-refractivity contribution in [1.29, 1.82) is 0 Å². The lowest BCUT2D eigenvalue weighted by atomic mass is 9.79. The molecule has 2 aliphatic carbocycles. The maximum atomic E-state index is 13.7. The Morgan fingerprint density at radius 1 is 0.892 bits per heavy atom. The van der Waals surface area contributed by atoms with E-state index in [1.165, 1.54) is 17.6 Å². The summed E-state index contributed by atoms with van der Waals surface area (Å²) < 4.78 is 6.59. The summed E-state index contributed by atoms with van der Waals surface area (Å²) in [5.41, 5.74) is 11.4. The second-order valence-electron chi connectivity index (χ2n) is 10.2. The monoisotopic (exact) mass is 513 g/mol. The summed E-state index contributed by atoms with van der Waals surface area (Å²) in [7, 11) is 0. The van der Waals surface area contributed by atoms with E-state index < -0.39 is 5.60 Å². The van der Waals surface area contributed by atoms with E-state index in [1.54, 1.807) is 5.57 Å². The van der Waals surface area contributed by atoms with Crippen LogP contribution in [0.3, 0.4) is 0 Å². The summed E-state index contributed by atoms with van der Waals surface area (Å²) >= 11 is 6.82. The molecule has 3 aromatic rings. The van der Waals surface area contributed by atoms with Gasteiger partial charge in [0.05, 0.1) is 6.54 Å². The Bertz CT molecular complexity index is 1320. The molecule has 3 aromatic carbocycles. The highest BCUT2D eigenvalue weighted by Gasteiger charge is 2.51. The number of carbonyl (C=O) groups excluding carboxylic acids is 1. The molecule has 6 heteroatoms. The lowest BCUT2D eigenvalue weighted by Crippen LogP contribution is -2.50. The van der Waals surface area contributed by atoms with Crippen molar-refractivity contribution < 1.29 is 9.53 Å². The van der Waals surface area contributed by atoms with E-state index in [0.717, 1.165) is 55.3 Å². The molecular formula is C31H32ClN3O2. The molecule has 0 bridgehead atoms. The van der Waals surface area contributed by atoms with Gasteiger partial charge in [0.2, 0.25) is 0 Å². The van der Waals surface area contributed by atoms with Gasteiger partial charge in [-0.1, -0.05) is 90.0 Å². The second kappa shape index (κ2) is 10.1. The van der Waals surface area contributed by atoms with Crippen LogP contribution in [0.1, 0.15) is 28.7 Å². The highest BCUT2D eigenvalue weighted by Crippen LogP contribution is 2.66. The van der Waals surface area contributed by atoms with Gasteiger partial charge in [-0.3, -0.25) is 14.6 Å². The van der Waals surface area contributed by atoms with Crippen LogP contribution in [-0.2, 0) is 15.1 Å². The Hall–Kier alpha value is -2.96. The Morgan fingerprint density at radius 3 is 2.14 bits per heavy atom. The van der Waals surface area contributed by atoms with Gasteiger partial charge in [-0.05, 0) is 23.6 Å². The molecule has 3 aliphatic rings. The molecule has 37 heavy (non-hydrogen) atoms. The molecule has 0 radical (unpaired) electrons. The van der Waals surface area contributed by atoms with Gasteiger partial charge in [0.1, 0.15) is 0 Å². The molecule has 1 aliphatic heterocycles. The second-order valence-corrected chi connectivity index (χ2v) is 10.6. The fourth-order valence-electron chi connectivity index (χ4n) is 5.64. The molecule has 5 nitrogen and oxygen atoms in total. The Kier molecular flexibility index (Phi) is 6.63. The third-order valence-corrected chi connectivity index (χ3v) is 8.19. The van der Waals surface area contributed by atoms with Gasteiger partial charge in [-0.2, -0.15) is 0 Å². The molecular weight excluding hydrogens is 482 g/mol. The highest BCUT2D eigenvalue weighted by atomic mass is 35.5. The normalized spacial score (nSPS) is 20.8. The summed E-state index contributed by atoms with van der Waals surface area (Å²) in [6.45, 7) is 5.19. The first-order chi connectivity index (χ1) is 18.1. The molecule has 1 heterocycles. The standard InChI is InChI=1S/C31H32ClN3O2/c32-28-9-5-4-8-27(28)31(23-6-2-1-3-7-23,24-12-10-22(11-13-24)30-25-20-26(25)30)37-29(36)21-35-18-16-34(15-14-33)17-19-35/h1-13,25H,14-21,33H2. The molecule has 2 fully saturated rings. The van der Waals surface area contributed by atoms with Crippen molar-refractivity contribution in [3.8, 4) is 0 Å². The van der Waals surface area contributed by atoms with Crippen LogP contribution in [0.15, 0.2) is 84.4 Å². The molecule has 0 aromatic heterocycles. The number of piperazine rings is 1. The van der Waals surface area contributed by atoms with Gasteiger partial charge in [-0.15, -0.1) is 0 Å². The van der Waals surface area contributed by atoms with E-state index in [1.807, 2.05) is 54.6 Å². The van der Waals surface area contributed by atoms with Crippen molar-refractivity contribution in [3.63, 3.8) is 0 Å². The van der Waals surface area contributed by atoms with Crippen molar-refractivity contribution in [2.45, 2.75) is 12.0 Å². The third kappa shape index (κ3) is 4.73. The van der Waals surface area contributed by atoms with Crippen molar-refractivity contribution in [2.24, 2.45) is 11.7 Å². The van der Waals surface area contributed by atoms with Crippen LogP contribution in [0.5, 0.6) is 0 Å². The van der Waals surface area contributed by atoms with E-state index in [0.29, 0.717) is 11.6 Å². The number of esters is 1. The predicted octanol–water partition coefficient (Wildman–Crippen LogP) is 4.54. The SMILES string of the molecule is NCCN1CCN(CC(=O)OC(c2ccccc2)(c2ccc(C3=C4CC43)cc2)c2ccccc2Cl)CC1. The van der Waals surface area contributed by atoms with Crippen molar-refractivity contribution in [1.82, 2.24) is 9.80 Å². The molecule has 190 valence electrons. The van der Waals surface area contributed by atoms with Gasteiger partial charge in [-0.25, -0.2) is 0 Å². The number of ether oxygens (including phenoxy) is 1. The minimum Gasteiger partial charge on any atom is -0.443 e. The number of halogens is 1. The number of nitrogens with two attached hydrogens (primary N) is 1. The zero-order chi connectivity index (χ0) is 25.4. The van der Waals surface area contributed by atoms with Gasteiger partial charge in [0.25, 0.3) is 0 Å². The largest absolute Gasteiger partial charge is 0.443 e. The van der Waals surface area contributed by atoms with Crippen molar-refractivity contribution in [2.75, 3.05) is 45.8 Å². The van der Waals surface area contributed by atoms with E-state index in [9.17, 15) is 4.79 Å². The van der Waals surface area contributed by atoms with Crippen LogP contribution in [0.2, 0.25) is 5.02 Å². The third-order valence-electron chi connectivity index (χ3n) is 7.86. The van der Waals surface area contributed by atoms with E-state index in [-0.39, 0.29) is 12.5 Å². The predicted molar refractivity (Wildman–Crippen MR) is 147 cm³/mol. The number of fused-ring (bicyclic) bond motifs is 1. The fourth-order valence-corrected chi connectivity index (χ4v) is 5.91.